The Morgan fingerprint density at radius 2 is 1.81 bits per heavy atom. The first-order valence-electron chi connectivity index (χ1n) is 9.95. The van der Waals surface area contributed by atoms with Gasteiger partial charge in [0.1, 0.15) is 5.75 Å². The fourth-order valence-electron chi connectivity index (χ4n) is 3.47. The third-order valence-electron chi connectivity index (χ3n) is 5.03. The lowest BCUT2D eigenvalue weighted by molar-refractivity contribution is -0.139. The number of nitrogens with two attached hydrogens (primary N) is 1. The molecule has 0 bridgehead atoms. The summed E-state index contributed by atoms with van der Waals surface area (Å²) >= 11 is 0. The minimum atomic E-state index is -1.03. The Morgan fingerprint density at radius 3 is 2.56 bits per heavy atom. The molecule has 32 heavy (non-hydrogen) atoms. The van der Waals surface area contributed by atoms with E-state index in [9.17, 15) is 4.79 Å². The predicted octanol–water partition coefficient (Wildman–Crippen LogP) is 2.43. The monoisotopic (exact) mass is 429 g/mol. The SMILES string of the molecule is Nc1nc2c(cnn2CCc2ccccc2)c2nc(-c3ccc(OCC(=O)O)cc3)nn12. The van der Waals surface area contributed by atoms with Crippen LogP contribution in [0.4, 0.5) is 5.95 Å². The summed E-state index contributed by atoms with van der Waals surface area (Å²) in [5, 5.41) is 18.4. The molecule has 0 spiro atoms. The van der Waals surface area contributed by atoms with Gasteiger partial charge in [-0.2, -0.15) is 14.6 Å². The van der Waals surface area contributed by atoms with Gasteiger partial charge in [0.05, 0.1) is 11.6 Å². The third kappa shape index (κ3) is 3.69. The van der Waals surface area contributed by atoms with Crippen molar-refractivity contribution in [3.63, 3.8) is 0 Å². The highest BCUT2D eigenvalue weighted by atomic mass is 16.5. The molecular weight excluding hydrogens is 410 g/mol. The first kappa shape index (κ1) is 19.5. The largest absolute Gasteiger partial charge is 0.482 e. The number of fused-ring (bicyclic) bond motifs is 3. The second kappa shape index (κ2) is 7.99. The van der Waals surface area contributed by atoms with Crippen LogP contribution in [0.25, 0.3) is 28.1 Å². The van der Waals surface area contributed by atoms with Crippen LogP contribution < -0.4 is 10.5 Å². The Morgan fingerprint density at radius 1 is 1.03 bits per heavy atom. The molecular formula is C22H19N7O3. The first-order chi connectivity index (χ1) is 15.6. The van der Waals surface area contributed by atoms with Crippen molar-refractivity contribution < 1.29 is 14.6 Å². The zero-order valence-electron chi connectivity index (χ0n) is 16.9. The summed E-state index contributed by atoms with van der Waals surface area (Å²) in [5.41, 5.74) is 9.35. The fourth-order valence-corrected chi connectivity index (χ4v) is 3.47. The molecule has 0 saturated heterocycles. The predicted molar refractivity (Wildman–Crippen MR) is 117 cm³/mol. The van der Waals surface area contributed by atoms with E-state index in [1.165, 1.54) is 10.1 Å². The minimum absolute atomic E-state index is 0.217. The second-order valence-corrected chi connectivity index (χ2v) is 7.19. The number of aryl methyl sites for hydroxylation is 2. The average Bonchev–Trinajstić information content (AvgIpc) is 3.42. The van der Waals surface area contributed by atoms with Gasteiger partial charge >= 0.3 is 5.97 Å². The number of carboxylic acids is 1. The normalized spacial score (nSPS) is 11.2. The zero-order valence-corrected chi connectivity index (χ0v) is 16.9. The average molecular weight is 429 g/mol. The molecule has 5 rings (SSSR count). The lowest BCUT2D eigenvalue weighted by Crippen LogP contribution is -2.09. The van der Waals surface area contributed by atoms with E-state index < -0.39 is 12.6 Å². The maximum Gasteiger partial charge on any atom is 0.341 e. The summed E-state index contributed by atoms with van der Waals surface area (Å²) in [4.78, 5) is 19.8. The van der Waals surface area contributed by atoms with E-state index in [1.807, 2.05) is 22.9 Å². The van der Waals surface area contributed by atoms with Crippen molar-refractivity contribution in [1.29, 1.82) is 0 Å². The van der Waals surface area contributed by atoms with Crippen molar-refractivity contribution in [2.45, 2.75) is 13.0 Å². The summed E-state index contributed by atoms with van der Waals surface area (Å²) in [6.07, 6.45) is 2.54. The van der Waals surface area contributed by atoms with Crippen LogP contribution in [-0.2, 0) is 17.8 Å². The summed E-state index contributed by atoms with van der Waals surface area (Å²) in [6, 6.07) is 17.0. The second-order valence-electron chi connectivity index (χ2n) is 7.19. The van der Waals surface area contributed by atoms with Crippen LogP contribution in [0.2, 0.25) is 0 Å². The van der Waals surface area contributed by atoms with E-state index >= 15 is 0 Å². The van der Waals surface area contributed by atoms with E-state index in [0.29, 0.717) is 29.4 Å². The lowest BCUT2D eigenvalue weighted by atomic mass is 10.1. The summed E-state index contributed by atoms with van der Waals surface area (Å²) in [7, 11) is 0. The molecule has 0 radical (unpaired) electrons. The summed E-state index contributed by atoms with van der Waals surface area (Å²) in [5.74, 6) is 0.0949. The first-order valence-corrected chi connectivity index (χ1v) is 9.95. The van der Waals surface area contributed by atoms with E-state index in [4.69, 9.17) is 15.6 Å². The molecule has 0 fully saturated rings. The Balaban J connectivity index is 1.46. The Kier molecular flexibility index (Phi) is 4.86. The molecule has 0 aliphatic heterocycles. The highest BCUT2D eigenvalue weighted by molar-refractivity contribution is 5.90. The number of benzene rings is 2. The van der Waals surface area contributed by atoms with Crippen molar-refractivity contribution in [3.05, 3.63) is 66.4 Å². The van der Waals surface area contributed by atoms with Gasteiger partial charge in [-0.25, -0.2) is 14.5 Å². The van der Waals surface area contributed by atoms with E-state index in [2.05, 4.69) is 32.3 Å². The molecule has 5 aromatic rings. The van der Waals surface area contributed by atoms with Gasteiger partial charge in [0.15, 0.2) is 23.7 Å². The number of carbonyl (C=O) groups is 1. The smallest absolute Gasteiger partial charge is 0.341 e. The van der Waals surface area contributed by atoms with Crippen molar-refractivity contribution in [3.8, 4) is 17.1 Å². The molecule has 0 unspecified atom stereocenters. The molecule has 0 aliphatic rings. The summed E-state index contributed by atoms with van der Waals surface area (Å²) in [6.45, 7) is 0.259. The van der Waals surface area contributed by atoms with E-state index in [1.54, 1.807) is 30.5 Å². The number of aromatic nitrogens is 6. The lowest BCUT2D eigenvalue weighted by Gasteiger charge is -2.04. The standard InChI is InChI=1S/C22H19N7O3/c23-22-26-20-17(12-24-28(20)11-10-14-4-2-1-3-5-14)21-25-19(27-29(21)22)15-6-8-16(9-7-15)32-13-18(30)31/h1-9,12H,10-11,13H2,(H2,23,26)(H,30,31). The van der Waals surface area contributed by atoms with Crippen LogP contribution in [0.1, 0.15) is 5.56 Å². The van der Waals surface area contributed by atoms with Crippen molar-refractivity contribution in [2.75, 3.05) is 12.3 Å². The highest BCUT2D eigenvalue weighted by Gasteiger charge is 2.16. The van der Waals surface area contributed by atoms with E-state index in [0.717, 1.165) is 17.4 Å². The fraction of sp³-hybridized carbons (Fsp3) is 0.136. The number of ether oxygens (including phenoxy) is 1. The van der Waals surface area contributed by atoms with Gasteiger partial charge < -0.3 is 15.6 Å². The molecule has 0 saturated carbocycles. The van der Waals surface area contributed by atoms with Crippen LogP contribution in [0, 0.1) is 0 Å². The number of nitrogen functional groups attached to an aromatic ring is 1. The minimum Gasteiger partial charge on any atom is -0.482 e. The van der Waals surface area contributed by atoms with Crippen molar-refractivity contribution in [2.24, 2.45) is 0 Å². The number of nitrogens with zero attached hydrogens (tertiary/aromatic N) is 6. The molecule has 160 valence electrons. The molecule has 3 N–H and O–H groups in total. The zero-order chi connectivity index (χ0) is 22.1. The van der Waals surface area contributed by atoms with Crippen molar-refractivity contribution in [1.82, 2.24) is 29.4 Å². The molecule has 0 amide bonds. The molecule has 10 nitrogen and oxygen atoms in total. The third-order valence-corrected chi connectivity index (χ3v) is 5.03. The molecule has 3 heterocycles. The highest BCUT2D eigenvalue weighted by Crippen LogP contribution is 2.25. The van der Waals surface area contributed by atoms with Crippen LogP contribution in [-0.4, -0.2) is 47.0 Å². The molecule has 2 aromatic carbocycles. The Labute approximate surface area is 181 Å². The van der Waals surface area contributed by atoms with Crippen LogP contribution in [0.3, 0.4) is 0 Å². The van der Waals surface area contributed by atoms with Gasteiger partial charge in [0, 0.05) is 12.1 Å². The Bertz CT molecular complexity index is 1410. The van der Waals surface area contributed by atoms with Crippen LogP contribution >= 0.6 is 0 Å². The molecule has 10 heteroatoms. The van der Waals surface area contributed by atoms with Gasteiger partial charge in [-0.1, -0.05) is 30.3 Å². The maximum atomic E-state index is 10.6. The van der Waals surface area contributed by atoms with Crippen LogP contribution in [0.5, 0.6) is 5.75 Å². The van der Waals surface area contributed by atoms with Gasteiger partial charge in [0.25, 0.3) is 0 Å². The van der Waals surface area contributed by atoms with Gasteiger partial charge in [-0.3, -0.25) is 0 Å². The van der Waals surface area contributed by atoms with Gasteiger partial charge in [-0.15, -0.1) is 5.10 Å². The van der Waals surface area contributed by atoms with E-state index in [-0.39, 0.29) is 5.95 Å². The van der Waals surface area contributed by atoms with Gasteiger partial charge in [-0.05, 0) is 36.2 Å². The Hall–Kier alpha value is -4.47. The quantitative estimate of drug-likeness (QED) is 0.403. The number of hydrogen-bond donors (Lipinski definition) is 2. The number of carboxylic acid groups (broad SMARTS) is 1. The molecule has 0 atom stereocenters. The maximum absolute atomic E-state index is 10.6. The summed E-state index contributed by atoms with van der Waals surface area (Å²) < 4.78 is 8.48. The van der Waals surface area contributed by atoms with Gasteiger partial charge in [0.2, 0.25) is 5.95 Å². The molecule has 0 aliphatic carbocycles. The van der Waals surface area contributed by atoms with Crippen molar-refractivity contribution >= 4 is 28.6 Å². The topological polar surface area (TPSA) is 133 Å². The number of rotatable bonds is 7. The number of hydrogen-bond acceptors (Lipinski definition) is 7. The molecule has 3 aromatic heterocycles. The number of anilines is 1. The number of aliphatic carboxylic acids is 1. The van der Waals surface area contributed by atoms with Crippen LogP contribution in [0.15, 0.2) is 60.8 Å².